The normalized spacial score (nSPS) is 11.1. The average molecular weight is 442 g/mol. The van der Waals surface area contributed by atoms with Gasteiger partial charge in [0.2, 0.25) is 5.91 Å². The summed E-state index contributed by atoms with van der Waals surface area (Å²) >= 11 is 4.43. The van der Waals surface area contributed by atoms with E-state index in [1.807, 2.05) is 53.9 Å². The molecule has 0 aliphatic carbocycles. The summed E-state index contributed by atoms with van der Waals surface area (Å²) in [5.74, 6) is 0.249. The van der Waals surface area contributed by atoms with Crippen LogP contribution in [0.2, 0.25) is 0 Å². The van der Waals surface area contributed by atoms with Crippen molar-refractivity contribution in [1.82, 2.24) is 14.5 Å². The standard InChI is InChI=1S/C21H19N3O2S3/c1-23(12-15-9-6-10-27-15)18(25)13-28-21-22-19-16(20(26)24(21)2)11-17(29-19)14-7-4-3-5-8-14/h3-11H,12-13H2,1-2H3. The van der Waals surface area contributed by atoms with Gasteiger partial charge in [-0.3, -0.25) is 14.2 Å². The summed E-state index contributed by atoms with van der Waals surface area (Å²) in [7, 11) is 3.50. The van der Waals surface area contributed by atoms with Gasteiger partial charge in [0.05, 0.1) is 17.7 Å². The van der Waals surface area contributed by atoms with Gasteiger partial charge in [-0.2, -0.15) is 0 Å². The first-order chi connectivity index (χ1) is 14.0. The van der Waals surface area contributed by atoms with Crippen LogP contribution < -0.4 is 5.56 Å². The highest BCUT2D eigenvalue weighted by molar-refractivity contribution is 7.99. The second-order valence-corrected chi connectivity index (χ2v) is 9.58. The maximum atomic E-state index is 12.8. The Morgan fingerprint density at radius 3 is 2.72 bits per heavy atom. The molecule has 0 spiro atoms. The Morgan fingerprint density at radius 2 is 2.00 bits per heavy atom. The molecule has 0 radical (unpaired) electrons. The topological polar surface area (TPSA) is 55.2 Å². The molecule has 0 saturated heterocycles. The van der Waals surface area contributed by atoms with E-state index in [0.717, 1.165) is 15.3 Å². The van der Waals surface area contributed by atoms with E-state index >= 15 is 0 Å². The fourth-order valence-electron chi connectivity index (χ4n) is 2.88. The van der Waals surface area contributed by atoms with Crippen molar-refractivity contribution in [2.24, 2.45) is 7.05 Å². The molecular weight excluding hydrogens is 422 g/mol. The summed E-state index contributed by atoms with van der Waals surface area (Å²) < 4.78 is 1.53. The number of carbonyl (C=O) groups is 1. The molecule has 5 nitrogen and oxygen atoms in total. The first-order valence-electron chi connectivity index (χ1n) is 8.98. The Balaban J connectivity index is 1.54. The Labute approximate surface area is 180 Å². The number of benzene rings is 1. The number of thioether (sulfide) groups is 1. The molecule has 0 N–H and O–H groups in total. The van der Waals surface area contributed by atoms with E-state index in [1.165, 1.54) is 27.7 Å². The van der Waals surface area contributed by atoms with Crippen LogP contribution in [0, 0.1) is 0 Å². The number of rotatable bonds is 6. The highest BCUT2D eigenvalue weighted by atomic mass is 32.2. The first kappa shape index (κ1) is 19.9. The predicted molar refractivity (Wildman–Crippen MR) is 122 cm³/mol. The summed E-state index contributed by atoms with van der Waals surface area (Å²) in [4.78, 5) is 34.5. The molecule has 0 aliphatic rings. The molecule has 4 rings (SSSR count). The molecule has 29 heavy (non-hydrogen) atoms. The minimum atomic E-state index is -0.0877. The van der Waals surface area contributed by atoms with Gasteiger partial charge in [-0.05, 0) is 23.1 Å². The molecule has 0 atom stereocenters. The number of carbonyl (C=O) groups excluding carboxylic acids is 1. The van der Waals surface area contributed by atoms with Gasteiger partial charge < -0.3 is 4.90 Å². The van der Waals surface area contributed by atoms with Crippen LogP contribution in [-0.4, -0.2) is 33.2 Å². The summed E-state index contributed by atoms with van der Waals surface area (Å²) in [5, 5.41) is 3.17. The third-order valence-electron chi connectivity index (χ3n) is 4.51. The van der Waals surface area contributed by atoms with Crippen LogP contribution in [0.3, 0.4) is 0 Å². The van der Waals surface area contributed by atoms with Crippen molar-refractivity contribution >= 4 is 50.6 Å². The molecule has 0 bridgehead atoms. The van der Waals surface area contributed by atoms with Gasteiger partial charge in [0.15, 0.2) is 5.16 Å². The van der Waals surface area contributed by atoms with Gasteiger partial charge >= 0.3 is 0 Å². The molecule has 0 aliphatic heterocycles. The van der Waals surface area contributed by atoms with E-state index in [9.17, 15) is 9.59 Å². The largest absolute Gasteiger partial charge is 0.340 e. The molecule has 148 valence electrons. The Hall–Kier alpha value is -2.42. The second kappa shape index (κ2) is 8.52. The van der Waals surface area contributed by atoms with Crippen LogP contribution in [0.15, 0.2) is 63.9 Å². The number of fused-ring (bicyclic) bond motifs is 1. The monoisotopic (exact) mass is 441 g/mol. The molecule has 3 aromatic heterocycles. The van der Waals surface area contributed by atoms with E-state index in [0.29, 0.717) is 21.9 Å². The lowest BCUT2D eigenvalue weighted by atomic mass is 10.2. The average Bonchev–Trinajstić information content (AvgIpc) is 3.40. The van der Waals surface area contributed by atoms with E-state index in [1.54, 1.807) is 30.3 Å². The lowest BCUT2D eigenvalue weighted by molar-refractivity contribution is -0.127. The van der Waals surface area contributed by atoms with Crippen molar-refractivity contribution in [3.63, 3.8) is 0 Å². The van der Waals surface area contributed by atoms with Gasteiger partial charge in [0, 0.05) is 23.8 Å². The summed E-state index contributed by atoms with van der Waals surface area (Å²) in [6.45, 7) is 0.591. The van der Waals surface area contributed by atoms with E-state index < -0.39 is 0 Å². The van der Waals surface area contributed by atoms with Gasteiger partial charge in [-0.15, -0.1) is 22.7 Å². The zero-order chi connectivity index (χ0) is 20.4. The second-order valence-electron chi connectivity index (χ2n) is 6.57. The highest BCUT2D eigenvalue weighted by Gasteiger charge is 2.16. The van der Waals surface area contributed by atoms with Crippen LogP contribution in [0.4, 0.5) is 0 Å². The Kier molecular flexibility index (Phi) is 5.84. The maximum Gasteiger partial charge on any atom is 0.262 e. The molecular formula is C21H19N3O2S3. The van der Waals surface area contributed by atoms with Crippen LogP contribution in [-0.2, 0) is 18.4 Å². The summed E-state index contributed by atoms with van der Waals surface area (Å²) in [6, 6.07) is 15.9. The van der Waals surface area contributed by atoms with Gasteiger partial charge in [-0.25, -0.2) is 4.98 Å². The van der Waals surface area contributed by atoms with Gasteiger partial charge in [0.25, 0.3) is 5.56 Å². The minimum absolute atomic E-state index is 0.00824. The van der Waals surface area contributed by atoms with Crippen molar-refractivity contribution in [3.05, 3.63) is 69.1 Å². The van der Waals surface area contributed by atoms with Crippen molar-refractivity contribution in [2.45, 2.75) is 11.7 Å². The fourth-order valence-corrected chi connectivity index (χ4v) is 5.63. The first-order valence-corrected chi connectivity index (χ1v) is 11.7. The van der Waals surface area contributed by atoms with Crippen molar-refractivity contribution in [3.8, 4) is 10.4 Å². The minimum Gasteiger partial charge on any atom is -0.340 e. The third-order valence-corrected chi connectivity index (χ3v) is 7.47. The number of hydrogen-bond acceptors (Lipinski definition) is 6. The van der Waals surface area contributed by atoms with E-state index in [4.69, 9.17) is 0 Å². The molecule has 0 fully saturated rings. The van der Waals surface area contributed by atoms with Gasteiger partial charge in [-0.1, -0.05) is 48.2 Å². The number of aromatic nitrogens is 2. The lowest BCUT2D eigenvalue weighted by Crippen LogP contribution is -2.28. The molecule has 8 heteroatoms. The number of thiophene rings is 2. The van der Waals surface area contributed by atoms with E-state index in [2.05, 4.69) is 4.98 Å². The van der Waals surface area contributed by atoms with Crippen LogP contribution in [0.5, 0.6) is 0 Å². The predicted octanol–water partition coefficient (Wildman–Crippen LogP) is 4.47. The van der Waals surface area contributed by atoms with Crippen molar-refractivity contribution in [1.29, 1.82) is 0 Å². The molecule has 4 aromatic rings. The highest BCUT2D eigenvalue weighted by Crippen LogP contribution is 2.32. The Bertz CT molecular complexity index is 1200. The zero-order valence-electron chi connectivity index (χ0n) is 16.0. The number of nitrogens with zero attached hydrogens (tertiary/aromatic N) is 3. The van der Waals surface area contributed by atoms with Gasteiger partial charge in [0.1, 0.15) is 4.83 Å². The number of amides is 1. The molecule has 0 saturated carbocycles. The summed E-state index contributed by atoms with van der Waals surface area (Å²) in [5.41, 5.74) is 0.979. The fraction of sp³-hybridized carbons (Fsp3) is 0.190. The van der Waals surface area contributed by atoms with E-state index in [-0.39, 0.29) is 17.2 Å². The molecule has 1 aromatic carbocycles. The maximum absolute atomic E-state index is 12.8. The SMILES string of the molecule is CN(Cc1cccs1)C(=O)CSc1nc2sc(-c3ccccc3)cc2c(=O)n1C. The van der Waals surface area contributed by atoms with Crippen molar-refractivity contribution < 1.29 is 4.79 Å². The van der Waals surface area contributed by atoms with Crippen LogP contribution in [0.25, 0.3) is 20.7 Å². The third kappa shape index (κ3) is 4.29. The lowest BCUT2D eigenvalue weighted by Gasteiger charge is -2.16. The summed E-state index contributed by atoms with van der Waals surface area (Å²) in [6.07, 6.45) is 0. The Morgan fingerprint density at radius 1 is 1.21 bits per heavy atom. The smallest absolute Gasteiger partial charge is 0.262 e. The molecule has 3 heterocycles. The quantitative estimate of drug-likeness (QED) is 0.327. The zero-order valence-corrected chi connectivity index (χ0v) is 18.4. The molecule has 1 amide bonds. The number of hydrogen-bond donors (Lipinski definition) is 0. The van der Waals surface area contributed by atoms with Crippen molar-refractivity contribution in [2.75, 3.05) is 12.8 Å². The van der Waals surface area contributed by atoms with Crippen LogP contribution in [0.1, 0.15) is 4.88 Å². The molecule has 0 unspecified atom stereocenters. The van der Waals surface area contributed by atoms with Crippen LogP contribution >= 0.6 is 34.4 Å².